The number of hydrazine groups is 1. The number of nitrogens with one attached hydrogen (secondary N) is 2. The summed E-state index contributed by atoms with van der Waals surface area (Å²) >= 11 is 0. The Labute approximate surface area is 148 Å². The Morgan fingerprint density at radius 2 is 1.69 bits per heavy atom. The van der Waals surface area contributed by atoms with E-state index in [-0.39, 0.29) is 12.0 Å². The fourth-order valence-electron chi connectivity index (χ4n) is 2.21. The van der Waals surface area contributed by atoms with Gasteiger partial charge in [0.1, 0.15) is 0 Å². The molecule has 0 aliphatic heterocycles. The predicted molar refractivity (Wildman–Crippen MR) is 91.5 cm³/mol. The van der Waals surface area contributed by atoms with Crippen molar-refractivity contribution >= 4 is 17.5 Å². The molecular weight excluding hydrogens is 347 g/mol. The Balaban J connectivity index is 1.95. The molecule has 26 heavy (non-hydrogen) atoms. The summed E-state index contributed by atoms with van der Waals surface area (Å²) in [5.41, 5.74) is 4.98. The summed E-state index contributed by atoms with van der Waals surface area (Å²) in [6, 6.07) is 11.2. The average Bonchev–Trinajstić information content (AvgIpc) is 2.59. The minimum absolute atomic E-state index is 0.196. The van der Waals surface area contributed by atoms with Crippen LogP contribution in [0.5, 0.6) is 0 Å². The van der Waals surface area contributed by atoms with Gasteiger partial charge in [0.15, 0.2) is 0 Å². The average molecular weight is 365 g/mol. The van der Waals surface area contributed by atoms with Crippen molar-refractivity contribution in [3.05, 3.63) is 65.2 Å². The minimum Gasteiger partial charge on any atom is -0.378 e. The van der Waals surface area contributed by atoms with Gasteiger partial charge in [-0.25, -0.2) is 0 Å². The topological polar surface area (TPSA) is 61.4 Å². The van der Waals surface area contributed by atoms with Crippen molar-refractivity contribution in [1.82, 2.24) is 10.9 Å². The van der Waals surface area contributed by atoms with E-state index in [1.54, 1.807) is 18.2 Å². The van der Waals surface area contributed by atoms with Crippen molar-refractivity contribution in [3.8, 4) is 0 Å². The van der Waals surface area contributed by atoms with Crippen molar-refractivity contribution in [3.63, 3.8) is 0 Å². The number of anilines is 1. The molecule has 0 heterocycles. The van der Waals surface area contributed by atoms with Gasteiger partial charge in [0, 0.05) is 25.3 Å². The third-order valence-corrected chi connectivity index (χ3v) is 3.56. The molecule has 0 atom stereocenters. The Hall–Kier alpha value is -3.03. The van der Waals surface area contributed by atoms with E-state index >= 15 is 0 Å². The highest BCUT2D eigenvalue weighted by Crippen LogP contribution is 2.29. The van der Waals surface area contributed by atoms with E-state index < -0.39 is 23.6 Å². The van der Waals surface area contributed by atoms with Crippen LogP contribution in [0.4, 0.5) is 18.9 Å². The van der Waals surface area contributed by atoms with Gasteiger partial charge >= 0.3 is 6.18 Å². The van der Waals surface area contributed by atoms with Gasteiger partial charge in [-0.3, -0.25) is 20.4 Å². The maximum atomic E-state index is 12.7. The summed E-state index contributed by atoms with van der Waals surface area (Å²) in [6.07, 6.45) is -4.76. The molecule has 138 valence electrons. The first-order valence-corrected chi connectivity index (χ1v) is 7.69. The number of benzene rings is 2. The van der Waals surface area contributed by atoms with Crippen LogP contribution in [0.1, 0.15) is 21.5 Å². The standard InChI is InChI=1S/C18H18F3N3O2/c1-24(2)15-8-4-6-13(11-15)17(26)23-22-16(25)10-12-5-3-7-14(9-12)18(19,20)21/h3-9,11H,10H2,1-2H3,(H,22,25)(H,23,26). The largest absolute Gasteiger partial charge is 0.416 e. The number of hydrogen-bond acceptors (Lipinski definition) is 3. The van der Waals surface area contributed by atoms with E-state index in [1.165, 1.54) is 12.1 Å². The summed E-state index contributed by atoms with van der Waals surface area (Å²) in [5, 5.41) is 0. The van der Waals surface area contributed by atoms with Gasteiger partial charge in [-0.1, -0.05) is 24.3 Å². The van der Waals surface area contributed by atoms with Gasteiger partial charge in [-0.05, 0) is 29.8 Å². The molecule has 5 nitrogen and oxygen atoms in total. The second-order valence-corrected chi connectivity index (χ2v) is 5.82. The fourth-order valence-corrected chi connectivity index (χ4v) is 2.21. The van der Waals surface area contributed by atoms with Gasteiger partial charge in [0.25, 0.3) is 5.91 Å². The number of hydrogen-bond donors (Lipinski definition) is 2. The molecule has 0 unspecified atom stereocenters. The highest BCUT2D eigenvalue weighted by molar-refractivity contribution is 5.96. The molecule has 0 saturated heterocycles. The van der Waals surface area contributed by atoms with Gasteiger partial charge in [-0.2, -0.15) is 13.2 Å². The molecule has 0 fully saturated rings. The Morgan fingerprint density at radius 3 is 2.35 bits per heavy atom. The minimum atomic E-state index is -4.47. The lowest BCUT2D eigenvalue weighted by atomic mass is 10.1. The van der Waals surface area contributed by atoms with Crippen LogP contribution in [0.2, 0.25) is 0 Å². The molecule has 0 spiro atoms. The van der Waals surface area contributed by atoms with Crippen molar-refractivity contribution < 1.29 is 22.8 Å². The molecule has 0 aliphatic rings. The molecule has 2 rings (SSSR count). The number of carbonyl (C=O) groups excluding carboxylic acids is 2. The molecule has 8 heteroatoms. The lowest BCUT2D eigenvalue weighted by molar-refractivity contribution is -0.137. The summed E-state index contributed by atoms with van der Waals surface area (Å²) in [5.74, 6) is -1.15. The molecule has 2 amide bonds. The molecule has 0 saturated carbocycles. The van der Waals surface area contributed by atoms with Crippen molar-refractivity contribution in [2.75, 3.05) is 19.0 Å². The fraction of sp³-hybridized carbons (Fsp3) is 0.222. The second-order valence-electron chi connectivity index (χ2n) is 5.82. The summed E-state index contributed by atoms with van der Waals surface area (Å²) in [7, 11) is 3.65. The summed E-state index contributed by atoms with van der Waals surface area (Å²) in [6.45, 7) is 0. The zero-order valence-electron chi connectivity index (χ0n) is 14.2. The zero-order valence-corrected chi connectivity index (χ0v) is 14.2. The molecule has 0 aliphatic carbocycles. The van der Waals surface area contributed by atoms with E-state index in [0.717, 1.165) is 17.8 Å². The van der Waals surface area contributed by atoms with Gasteiger partial charge < -0.3 is 4.90 Å². The highest BCUT2D eigenvalue weighted by atomic mass is 19.4. The summed E-state index contributed by atoms with van der Waals surface area (Å²) in [4.78, 5) is 25.8. The van der Waals surface area contributed by atoms with Crippen molar-refractivity contribution in [2.24, 2.45) is 0 Å². The second kappa shape index (κ2) is 7.90. The maximum Gasteiger partial charge on any atom is 0.416 e. The van der Waals surface area contributed by atoms with Crippen LogP contribution in [-0.4, -0.2) is 25.9 Å². The van der Waals surface area contributed by atoms with Crippen molar-refractivity contribution in [2.45, 2.75) is 12.6 Å². The zero-order chi connectivity index (χ0) is 19.3. The molecule has 0 aromatic heterocycles. The highest BCUT2D eigenvalue weighted by Gasteiger charge is 2.30. The third-order valence-electron chi connectivity index (χ3n) is 3.56. The van der Waals surface area contributed by atoms with Crippen LogP contribution in [0.25, 0.3) is 0 Å². The maximum absolute atomic E-state index is 12.7. The smallest absolute Gasteiger partial charge is 0.378 e. The van der Waals surface area contributed by atoms with Crippen LogP contribution in [0.3, 0.4) is 0 Å². The van der Waals surface area contributed by atoms with Gasteiger partial charge in [0.2, 0.25) is 5.91 Å². The van der Waals surface area contributed by atoms with E-state index in [1.807, 2.05) is 25.1 Å². The molecule has 0 radical (unpaired) electrons. The lowest BCUT2D eigenvalue weighted by Gasteiger charge is -2.14. The Morgan fingerprint density at radius 1 is 1.00 bits per heavy atom. The first kappa shape index (κ1) is 19.3. The number of rotatable bonds is 4. The number of halogens is 3. The van der Waals surface area contributed by atoms with E-state index in [0.29, 0.717) is 5.56 Å². The quantitative estimate of drug-likeness (QED) is 0.819. The molecule has 2 aromatic rings. The summed E-state index contributed by atoms with van der Waals surface area (Å²) < 4.78 is 38.0. The SMILES string of the molecule is CN(C)c1cccc(C(=O)NNC(=O)Cc2cccc(C(F)(F)F)c2)c1. The van der Waals surface area contributed by atoms with Crippen LogP contribution in [-0.2, 0) is 17.4 Å². The van der Waals surface area contributed by atoms with Crippen LogP contribution < -0.4 is 15.8 Å². The number of amides is 2. The monoisotopic (exact) mass is 365 g/mol. The number of carbonyl (C=O) groups is 2. The van der Waals surface area contributed by atoms with Gasteiger partial charge in [0.05, 0.1) is 12.0 Å². The Bertz CT molecular complexity index is 804. The van der Waals surface area contributed by atoms with Crippen molar-refractivity contribution in [1.29, 1.82) is 0 Å². The van der Waals surface area contributed by atoms with Gasteiger partial charge in [-0.15, -0.1) is 0 Å². The lowest BCUT2D eigenvalue weighted by Crippen LogP contribution is -2.42. The normalized spacial score (nSPS) is 11.0. The van der Waals surface area contributed by atoms with E-state index in [4.69, 9.17) is 0 Å². The first-order valence-electron chi connectivity index (χ1n) is 7.69. The number of alkyl halides is 3. The van der Waals surface area contributed by atoms with Crippen LogP contribution in [0, 0.1) is 0 Å². The van der Waals surface area contributed by atoms with Crippen LogP contribution >= 0.6 is 0 Å². The third kappa shape index (κ3) is 5.23. The first-order chi connectivity index (χ1) is 12.2. The number of nitrogens with zero attached hydrogens (tertiary/aromatic N) is 1. The molecular formula is C18H18F3N3O2. The van der Waals surface area contributed by atoms with E-state index in [2.05, 4.69) is 10.9 Å². The molecule has 2 aromatic carbocycles. The van der Waals surface area contributed by atoms with Crippen LogP contribution in [0.15, 0.2) is 48.5 Å². The Kier molecular flexibility index (Phi) is 5.86. The predicted octanol–water partition coefficient (Wildman–Crippen LogP) is 2.78. The van der Waals surface area contributed by atoms with E-state index in [9.17, 15) is 22.8 Å². The molecule has 2 N–H and O–H groups in total. The molecule has 0 bridgehead atoms.